The third kappa shape index (κ3) is 4.32. The molecule has 4 rings (SSSR count). The van der Waals surface area contributed by atoms with E-state index in [1.54, 1.807) is 27.9 Å². The van der Waals surface area contributed by atoms with Crippen molar-refractivity contribution in [1.29, 1.82) is 0 Å². The van der Waals surface area contributed by atoms with Crippen LogP contribution < -0.4 is 5.32 Å². The van der Waals surface area contributed by atoms with Crippen molar-refractivity contribution in [3.8, 4) is 0 Å². The van der Waals surface area contributed by atoms with Gasteiger partial charge in [-0.15, -0.1) is 0 Å². The third-order valence-electron chi connectivity index (χ3n) is 6.00. The Bertz CT molecular complexity index is 1220. The maximum Gasteiger partial charge on any atom is 0.270 e. The molecule has 1 aromatic carbocycles. The van der Waals surface area contributed by atoms with E-state index in [0.29, 0.717) is 36.4 Å². The van der Waals surface area contributed by atoms with Gasteiger partial charge >= 0.3 is 0 Å². The molecule has 0 bridgehead atoms. The van der Waals surface area contributed by atoms with Gasteiger partial charge in [0.05, 0.1) is 11.8 Å². The molecule has 1 N–H and O–H groups in total. The van der Waals surface area contributed by atoms with Gasteiger partial charge in [0, 0.05) is 52.1 Å². The molecular weight excluding hydrogens is 404 g/mol. The van der Waals surface area contributed by atoms with Crippen molar-refractivity contribution in [2.45, 2.75) is 18.9 Å². The largest absolute Gasteiger partial charge is 0.463 e. The molecule has 7 heteroatoms. The molecule has 32 heavy (non-hydrogen) atoms. The molecule has 0 aliphatic heterocycles. The van der Waals surface area contributed by atoms with E-state index in [-0.39, 0.29) is 17.9 Å². The van der Waals surface area contributed by atoms with Crippen LogP contribution in [0.3, 0.4) is 0 Å². The fourth-order valence-electron chi connectivity index (χ4n) is 4.06. The maximum absolute atomic E-state index is 13.4. The van der Waals surface area contributed by atoms with Crippen molar-refractivity contribution in [2.24, 2.45) is 14.1 Å². The van der Waals surface area contributed by atoms with Crippen LogP contribution in [0.2, 0.25) is 0 Å². The van der Waals surface area contributed by atoms with Gasteiger partial charge in [-0.3, -0.25) is 9.59 Å². The molecule has 1 unspecified atom stereocenters. The number of aromatic nitrogens is 2. The van der Waals surface area contributed by atoms with E-state index in [1.807, 2.05) is 62.2 Å². The summed E-state index contributed by atoms with van der Waals surface area (Å²) in [7, 11) is 5.53. The molecule has 7 nitrogen and oxygen atoms in total. The summed E-state index contributed by atoms with van der Waals surface area (Å²) in [6, 6.07) is 17.3. The predicted octanol–water partition coefficient (Wildman–Crippen LogP) is 3.61. The Morgan fingerprint density at radius 1 is 1.06 bits per heavy atom. The van der Waals surface area contributed by atoms with Gasteiger partial charge in [0.25, 0.3) is 11.8 Å². The SMILES string of the molecule is CN(C(=O)c1cc2occc2n1C)C(CCNC(=O)c1cccn1C)Cc1ccccc1. The number of furan rings is 1. The molecule has 3 heterocycles. The van der Waals surface area contributed by atoms with Crippen molar-refractivity contribution in [3.63, 3.8) is 0 Å². The normalized spacial score (nSPS) is 12.1. The molecule has 0 aliphatic carbocycles. The quantitative estimate of drug-likeness (QED) is 0.462. The zero-order valence-corrected chi connectivity index (χ0v) is 18.6. The highest BCUT2D eigenvalue weighted by Crippen LogP contribution is 2.22. The van der Waals surface area contributed by atoms with E-state index < -0.39 is 0 Å². The zero-order chi connectivity index (χ0) is 22.7. The molecular formula is C25H28N4O3. The minimum absolute atomic E-state index is 0.0754. The first kappa shape index (κ1) is 21.5. The van der Waals surface area contributed by atoms with Crippen molar-refractivity contribution in [1.82, 2.24) is 19.4 Å². The average Bonchev–Trinajstić information content (AvgIpc) is 3.50. The lowest BCUT2D eigenvalue weighted by molar-refractivity contribution is 0.0713. The fourth-order valence-corrected chi connectivity index (χ4v) is 4.06. The Labute approximate surface area is 187 Å². The molecule has 4 aromatic rings. The van der Waals surface area contributed by atoms with Crippen LogP contribution >= 0.6 is 0 Å². The van der Waals surface area contributed by atoms with Gasteiger partial charge in [-0.05, 0) is 30.5 Å². The van der Waals surface area contributed by atoms with Gasteiger partial charge < -0.3 is 23.8 Å². The summed E-state index contributed by atoms with van der Waals surface area (Å²) in [5, 5.41) is 2.99. The summed E-state index contributed by atoms with van der Waals surface area (Å²) in [6.45, 7) is 0.467. The number of benzene rings is 1. The number of carbonyl (C=O) groups is 2. The van der Waals surface area contributed by atoms with Crippen molar-refractivity contribution in [3.05, 3.63) is 84.0 Å². The van der Waals surface area contributed by atoms with Gasteiger partial charge in [0.1, 0.15) is 11.4 Å². The lowest BCUT2D eigenvalue weighted by Gasteiger charge is -2.29. The Balaban J connectivity index is 1.49. The molecule has 0 spiro atoms. The second-order valence-electron chi connectivity index (χ2n) is 8.07. The van der Waals surface area contributed by atoms with Crippen molar-refractivity contribution >= 4 is 22.9 Å². The molecule has 1 atom stereocenters. The fraction of sp³-hybridized carbons (Fsp3) is 0.280. The van der Waals surface area contributed by atoms with Crippen LogP contribution in [0.15, 0.2) is 71.5 Å². The van der Waals surface area contributed by atoms with E-state index in [1.165, 1.54) is 0 Å². The molecule has 2 amide bonds. The summed E-state index contributed by atoms with van der Waals surface area (Å²) in [6.07, 6.45) is 4.80. The monoisotopic (exact) mass is 432 g/mol. The third-order valence-corrected chi connectivity index (χ3v) is 6.00. The average molecular weight is 433 g/mol. The highest BCUT2D eigenvalue weighted by atomic mass is 16.3. The summed E-state index contributed by atoms with van der Waals surface area (Å²) < 4.78 is 9.11. The second kappa shape index (κ2) is 9.18. The Morgan fingerprint density at radius 3 is 2.53 bits per heavy atom. The molecule has 166 valence electrons. The second-order valence-corrected chi connectivity index (χ2v) is 8.07. The summed E-state index contributed by atoms with van der Waals surface area (Å²) >= 11 is 0. The maximum atomic E-state index is 13.4. The summed E-state index contributed by atoms with van der Waals surface area (Å²) in [4.78, 5) is 27.6. The van der Waals surface area contributed by atoms with Crippen LogP contribution in [-0.4, -0.2) is 45.5 Å². The number of carbonyl (C=O) groups excluding carboxylic acids is 2. The topological polar surface area (TPSA) is 72.4 Å². The van der Waals surface area contributed by atoms with Gasteiger partial charge in [0.15, 0.2) is 5.58 Å². The number of rotatable bonds is 8. The molecule has 0 radical (unpaired) electrons. The number of fused-ring (bicyclic) bond motifs is 1. The van der Waals surface area contributed by atoms with E-state index in [0.717, 1.165) is 11.1 Å². The number of nitrogens with one attached hydrogen (secondary N) is 1. The number of hydrogen-bond acceptors (Lipinski definition) is 3. The Morgan fingerprint density at radius 2 is 1.84 bits per heavy atom. The number of aryl methyl sites for hydroxylation is 2. The first-order valence-corrected chi connectivity index (χ1v) is 10.7. The van der Waals surface area contributed by atoms with E-state index in [4.69, 9.17) is 4.42 Å². The van der Waals surface area contributed by atoms with Crippen LogP contribution in [0.4, 0.5) is 0 Å². The summed E-state index contributed by atoms with van der Waals surface area (Å²) in [5.74, 6) is -0.193. The number of likely N-dealkylation sites (N-methyl/N-ethyl adjacent to an activating group) is 1. The van der Waals surface area contributed by atoms with Gasteiger partial charge in [-0.2, -0.15) is 0 Å². The van der Waals surface area contributed by atoms with E-state index >= 15 is 0 Å². The Hall–Kier alpha value is -3.74. The lowest BCUT2D eigenvalue weighted by Crippen LogP contribution is -2.41. The molecule has 0 saturated carbocycles. The van der Waals surface area contributed by atoms with Crippen molar-refractivity contribution < 1.29 is 14.0 Å². The lowest BCUT2D eigenvalue weighted by atomic mass is 10.0. The molecule has 3 aromatic heterocycles. The summed E-state index contributed by atoms with van der Waals surface area (Å²) in [5.41, 5.74) is 3.91. The molecule has 0 saturated heterocycles. The van der Waals surface area contributed by atoms with Crippen LogP contribution in [0.1, 0.15) is 33.0 Å². The zero-order valence-electron chi connectivity index (χ0n) is 18.6. The van der Waals surface area contributed by atoms with Gasteiger partial charge in [-0.1, -0.05) is 30.3 Å². The number of hydrogen-bond donors (Lipinski definition) is 1. The smallest absolute Gasteiger partial charge is 0.270 e. The van der Waals surface area contributed by atoms with Crippen LogP contribution in [0, 0.1) is 0 Å². The molecule has 0 aliphatic rings. The minimum atomic E-state index is -0.118. The number of amides is 2. The van der Waals surface area contributed by atoms with Gasteiger partial charge in [-0.25, -0.2) is 0 Å². The standard InChI is InChI=1S/C25H28N4O3/c1-27-14-7-10-21(27)24(30)26-13-11-19(16-18-8-5-4-6-9-18)28(2)25(31)22-17-23-20(29(22)3)12-15-32-23/h4-10,12,14-15,17,19H,11,13,16H2,1-3H3,(H,26,30). The first-order valence-electron chi connectivity index (χ1n) is 10.7. The highest BCUT2D eigenvalue weighted by molar-refractivity contribution is 5.97. The van der Waals surface area contributed by atoms with Gasteiger partial charge in [0.2, 0.25) is 0 Å². The first-order chi connectivity index (χ1) is 15.5. The number of nitrogens with zero attached hydrogens (tertiary/aromatic N) is 3. The highest BCUT2D eigenvalue weighted by Gasteiger charge is 2.25. The van der Waals surface area contributed by atoms with E-state index in [2.05, 4.69) is 17.4 Å². The molecule has 0 fully saturated rings. The minimum Gasteiger partial charge on any atom is -0.463 e. The van der Waals surface area contributed by atoms with Crippen molar-refractivity contribution in [2.75, 3.05) is 13.6 Å². The van der Waals surface area contributed by atoms with Crippen LogP contribution in [-0.2, 0) is 20.5 Å². The Kier molecular flexibility index (Phi) is 6.16. The van der Waals surface area contributed by atoms with Crippen LogP contribution in [0.5, 0.6) is 0 Å². The predicted molar refractivity (Wildman–Crippen MR) is 124 cm³/mol. The van der Waals surface area contributed by atoms with E-state index in [9.17, 15) is 9.59 Å². The van der Waals surface area contributed by atoms with Crippen LogP contribution in [0.25, 0.3) is 11.1 Å².